The van der Waals surface area contributed by atoms with Crippen LogP contribution in [0.1, 0.15) is 22.7 Å². The lowest BCUT2D eigenvalue weighted by molar-refractivity contribution is 0.781. The maximum atomic E-state index is 5.31. The van der Waals surface area contributed by atoms with Crippen molar-refractivity contribution in [2.75, 3.05) is 0 Å². The summed E-state index contributed by atoms with van der Waals surface area (Å²) in [6, 6.07) is 62.3. The number of aliphatic imine (C=N–C) groups is 1. The highest BCUT2D eigenvalue weighted by Gasteiger charge is 2.22. The van der Waals surface area contributed by atoms with Gasteiger partial charge in [0, 0.05) is 17.3 Å². The molecule has 236 valence electrons. The topological polar surface area (TPSA) is 37.3 Å². The van der Waals surface area contributed by atoms with Gasteiger partial charge in [-0.05, 0) is 103 Å². The van der Waals surface area contributed by atoms with Crippen molar-refractivity contribution in [2.45, 2.75) is 6.04 Å². The Bertz CT molecular complexity index is 2550. The average Bonchev–Trinajstić information content (AvgIpc) is 3.20. The minimum Gasteiger partial charge on any atom is -0.359 e. The molecule has 8 aromatic rings. The first-order valence-corrected chi connectivity index (χ1v) is 17.0. The van der Waals surface area contributed by atoms with E-state index in [2.05, 4.69) is 169 Å². The van der Waals surface area contributed by atoms with E-state index in [1.165, 1.54) is 32.7 Å². The van der Waals surface area contributed by atoms with Gasteiger partial charge in [-0.25, -0.2) is 4.99 Å². The lowest BCUT2D eigenvalue weighted by atomic mass is 9.89. The fourth-order valence-electron chi connectivity index (χ4n) is 7.07. The summed E-state index contributed by atoms with van der Waals surface area (Å²) >= 11 is 0. The molecule has 0 spiro atoms. The number of aromatic nitrogens is 1. The second-order valence-electron chi connectivity index (χ2n) is 12.7. The molecule has 1 N–H and O–H groups in total. The van der Waals surface area contributed by atoms with E-state index >= 15 is 0 Å². The van der Waals surface area contributed by atoms with Crippen molar-refractivity contribution < 1.29 is 0 Å². The van der Waals surface area contributed by atoms with Crippen LogP contribution < -0.4 is 5.32 Å². The van der Waals surface area contributed by atoms with Crippen LogP contribution in [-0.2, 0) is 0 Å². The molecule has 0 bridgehead atoms. The number of pyridine rings is 1. The van der Waals surface area contributed by atoms with E-state index in [-0.39, 0.29) is 6.04 Å². The Balaban J connectivity index is 1.28. The normalized spacial score (nSPS) is 14.2. The minimum atomic E-state index is -0.0456. The van der Waals surface area contributed by atoms with Crippen molar-refractivity contribution in [1.29, 1.82) is 0 Å². The van der Waals surface area contributed by atoms with Gasteiger partial charge in [-0.15, -0.1) is 0 Å². The Labute approximate surface area is 292 Å². The monoisotopic (exact) mass is 639 g/mol. The van der Waals surface area contributed by atoms with E-state index in [1.54, 1.807) is 0 Å². The maximum absolute atomic E-state index is 5.31. The number of nitrogens with one attached hydrogen (secondary N) is 1. The number of benzene rings is 7. The zero-order valence-corrected chi connectivity index (χ0v) is 27.4. The van der Waals surface area contributed by atoms with E-state index < -0.39 is 0 Å². The molecule has 0 amide bonds. The third kappa shape index (κ3) is 5.65. The standard InChI is InChI=1S/C47H33N3/c1-3-14-32(15-4-1)45-31-46(33-16-5-2-6-17-33)50-47(49-45)39-28-37(40-21-9-10-22-42(40)44-24-11-12-25-48-44)27-38(29-39)41-23-13-20-36-26-34-18-7-8-19-35(34)30-43(36)41/h1-31,45H,(H,49,50). The highest BCUT2D eigenvalue weighted by atomic mass is 15.0. The van der Waals surface area contributed by atoms with Gasteiger partial charge in [0.1, 0.15) is 5.84 Å². The Hall–Kier alpha value is -6.58. The predicted octanol–water partition coefficient (Wildman–Crippen LogP) is 11.5. The second kappa shape index (κ2) is 12.8. The summed E-state index contributed by atoms with van der Waals surface area (Å²) in [5, 5.41) is 8.72. The fourth-order valence-corrected chi connectivity index (χ4v) is 7.07. The van der Waals surface area contributed by atoms with E-state index in [0.29, 0.717) is 0 Å². The molecule has 1 aromatic heterocycles. The molecule has 1 aliphatic rings. The van der Waals surface area contributed by atoms with Gasteiger partial charge in [0.15, 0.2) is 0 Å². The predicted molar refractivity (Wildman–Crippen MR) is 209 cm³/mol. The van der Waals surface area contributed by atoms with E-state index in [9.17, 15) is 0 Å². The summed E-state index contributed by atoms with van der Waals surface area (Å²) in [7, 11) is 0. The van der Waals surface area contributed by atoms with Gasteiger partial charge in [-0.3, -0.25) is 4.98 Å². The van der Waals surface area contributed by atoms with Crippen LogP contribution in [-0.4, -0.2) is 10.8 Å². The fraction of sp³-hybridized carbons (Fsp3) is 0.0213. The maximum Gasteiger partial charge on any atom is 0.134 e. The van der Waals surface area contributed by atoms with Gasteiger partial charge in [0.25, 0.3) is 0 Å². The van der Waals surface area contributed by atoms with Crippen LogP contribution in [0.2, 0.25) is 0 Å². The van der Waals surface area contributed by atoms with Crippen molar-refractivity contribution in [3.05, 3.63) is 205 Å². The van der Waals surface area contributed by atoms with Crippen LogP contribution in [0.5, 0.6) is 0 Å². The molecule has 3 nitrogen and oxygen atoms in total. The molecule has 0 fully saturated rings. The lowest BCUT2D eigenvalue weighted by Gasteiger charge is -2.25. The molecule has 0 radical (unpaired) electrons. The highest BCUT2D eigenvalue weighted by molar-refractivity contribution is 6.08. The van der Waals surface area contributed by atoms with Crippen molar-refractivity contribution in [2.24, 2.45) is 4.99 Å². The lowest BCUT2D eigenvalue weighted by Crippen LogP contribution is -2.31. The van der Waals surface area contributed by atoms with Gasteiger partial charge >= 0.3 is 0 Å². The van der Waals surface area contributed by atoms with E-state index in [1.807, 2.05) is 24.4 Å². The SMILES string of the molecule is C1=C(c2ccccc2)N=C(c2cc(-c3ccccc3-c3ccccn3)cc(-c3cccc4cc5ccccc5cc34)c2)NC1c1ccccc1. The Kier molecular flexibility index (Phi) is 7.56. The third-order valence-corrected chi connectivity index (χ3v) is 9.52. The Morgan fingerprint density at radius 2 is 1.06 bits per heavy atom. The molecule has 2 heterocycles. The first-order valence-electron chi connectivity index (χ1n) is 17.0. The van der Waals surface area contributed by atoms with Crippen molar-refractivity contribution >= 4 is 33.1 Å². The van der Waals surface area contributed by atoms with Crippen LogP contribution in [0.25, 0.3) is 60.8 Å². The van der Waals surface area contributed by atoms with Crippen LogP contribution in [0.15, 0.2) is 193 Å². The quantitative estimate of drug-likeness (QED) is 0.184. The number of amidine groups is 1. The van der Waals surface area contributed by atoms with Gasteiger partial charge in [-0.2, -0.15) is 0 Å². The zero-order valence-electron chi connectivity index (χ0n) is 27.4. The van der Waals surface area contributed by atoms with Crippen molar-refractivity contribution in [1.82, 2.24) is 10.3 Å². The van der Waals surface area contributed by atoms with Crippen LogP contribution in [0, 0.1) is 0 Å². The summed E-state index contributed by atoms with van der Waals surface area (Å²) in [6.45, 7) is 0. The summed E-state index contributed by atoms with van der Waals surface area (Å²) in [4.78, 5) is 10.0. The zero-order chi connectivity index (χ0) is 33.3. The average molecular weight is 640 g/mol. The number of hydrogen-bond donors (Lipinski definition) is 1. The van der Waals surface area contributed by atoms with Gasteiger partial charge in [-0.1, -0.05) is 133 Å². The molecular formula is C47H33N3. The van der Waals surface area contributed by atoms with Gasteiger partial charge in [0.05, 0.1) is 17.4 Å². The first kappa shape index (κ1) is 29.6. The molecule has 1 atom stereocenters. The Morgan fingerprint density at radius 1 is 0.440 bits per heavy atom. The van der Waals surface area contributed by atoms with Gasteiger partial charge in [0.2, 0.25) is 0 Å². The number of nitrogens with zero attached hydrogens (tertiary/aromatic N) is 2. The second-order valence-corrected chi connectivity index (χ2v) is 12.7. The summed E-state index contributed by atoms with van der Waals surface area (Å²) in [5.74, 6) is 0.837. The molecule has 0 saturated carbocycles. The number of rotatable bonds is 6. The smallest absolute Gasteiger partial charge is 0.134 e. The van der Waals surface area contributed by atoms with Crippen LogP contribution >= 0.6 is 0 Å². The summed E-state index contributed by atoms with van der Waals surface area (Å²) in [5.41, 5.74) is 10.8. The summed E-state index contributed by atoms with van der Waals surface area (Å²) < 4.78 is 0. The number of fused-ring (bicyclic) bond motifs is 2. The van der Waals surface area contributed by atoms with Crippen LogP contribution in [0.3, 0.4) is 0 Å². The van der Waals surface area contributed by atoms with Crippen molar-refractivity contribution in [3.63, 3.8) is 0 Å². The molecule has 1 aliphatic heterocycles. The largest absolute Gasteiger partial charge is 0.359 e. The molecular weight excluding hydrogens is 607 g/mol. The molecule has 50 heavy (non-hydrogen) atoms. The molecule has 0 saturated heterocycles. The minimum absolute atomic E-state index is 0.0456. The van der Waals surface area contributed by atoms with E-state index in [0.717, 1.165) is 50.6 Å². The first-order chi connectivity index (χ1) is 24.8. The van der Waals surface area contributed by atoms with E-state index in [4.69, 9.17) is 9.98 Å². The molecule has 0 aliphatic carbocycles. The van der Waals surface area contributed by atoms with Gasteiger partial charge < -0.3 is 5.32 Å². The summed E-state index contributed by atoms with van der Waals surface area (Å²) in [6.07, 6.45) is 4.08. The van der Waals surface area contributed by atoms with Crippen LogP contribution in [0.4, 0.5) is 0 Å². The highest BCUT2D eigenvalue weighted by Crippen LogP contribution is 2.38. The third-order valence-electron chi connectivity index (χ3n) is 9.52. The number of hydrogen-bond acceptors (Lipinski definition) is 3. The Morgan fingerprint density at radius 3 is 1.84 bits per heavy atom. The molecule has 1 unspecified atom stereocenters. The molecule has 7 aromatic carbocycles. The van der Waals surface area contributed by atoms with Crippen molar-refractivity contribution in [3.8, 4) is 33.5 Å². The molecule has 9 rings (SSSR count). The molecule has 3 heteroatoms.